The molecule has 0 saturated heterocycles. The van der Waals surface area contributed by atoms with E-state index in [0.29, 0.717) is 34.6 Å². The van der Waals surface area contributed by atoms with Gasteiger partial charge >= 0.3 is 0 Å². The van der Waals surface area contributed by atoms with Crippen molar-refractivity contribution in [1.29, 1.82) is 0 Å². The molecule has 0 fully saturated rings. The van der Waals surface area contributed by atoms with E-state index in [9.17, 15) is 4.79 Å². The van der Waals surface area contributed by atoms with Gasteiger partial charge in [0.1, 0.15) is 17.1 Å². The van der Waals surface area contributed by atoms with Crippen LogP contribution in [0.5, 0.6) is 5.75 Å². The van der Waals surface area contributed by atoms with E-state index >= 15 is 0 Å². The lowest BCUT2D eigenvalue weighted by Gasteiger charge is -2.13. The summed E-state index contributed by atoms with van der Waals surface area (Å²) in [6.07, 6.45) is 0. The maximum absolute atomic E-state index is 12.8. The van der Waals surface area contributed by atoms with Crippen LogP contribution in [-0.2, 0) is 6.54 Å². The number of halogens is 1. The van der Waals surface area contributed by atoms with Crippen LogP contribution in [0.1, 0.15) is 11.1 Å². The third kappa shape index (κ3) is 3.03. The summed E-state index contributed by atoms with van der Waals surface area (Å²) in [5.74, 6) is 1.31. The van der Waals surface area contributed by atoms with Gasteiger partial charge in [0.15, 0.2) is 5.43 Å². The van der Waals surface area contributed by atoms with Crippen LogP contribution in [0.2, 0.25) is 0 Å². The van der Waals surface area contributed by atoms with Crippen LogP contribution in [0.25, 0.3) is 22.3 Å². The van der Waals surface area contributed by atoms with Crippen LogP contribution in [0.15, 0.2) is 51.7 Å². The van der Waals surface area contributed by atoms with Crippen molar-refractivity contribution < 1.29 is 9.15 Å². The molecule has 1 heterocycles. The Morgan fingerprint density at radius 1 is 1.12 bits per heavy atom. The molecule has 0 unspecified atom stereocenters. The Morgan fingerprint density at radius 2 is 1.83 bits per heavy atom. The van der Waals surface area contributed by atoms with Gasteiger partial charge in [-0.3, -0.25) is 4.79 Å². The average molecular weight is 346 g/mol. The fraction of sp³-hybridized carbons (Fsp3) is 0.211. The largest absolute Gasteiger partial charge is 0.496 e. The SMILES string of the molecule is CNCc1c(OC)ccc2c(=O)c(C)c(-c3ccccc3)oc12.Cl. The van der Waals surface area contributed by atoms with E-state index in [1.807, 2.05) is 43.4 Å². The Bertz CT molecular complexity index is 904. The van der Waals surface area contributed by atoms with Crippen molar-refractivity contribution in [2.24, 2.45) is 0 Å². The molecule has 0 spiro atoms. The number of fused-ring (bicyclic) bond motifs is 1. The van der Waals surface area contributed by atoms with E-state index in [1.165, 1.54) is 0 Å². The van der Waals surface area contributed by atoms with Gasteiger partial charge in [-0.15, -0.1) is 12.4 Å². The predicted octanol–water partition coefficient (Wildman–Crippen LogP) is 3.92. The summed E-state index contributed by atoms with van der Waals surface area (Å²) in [5, 5.41) is 3.68. The zero-order chi connectivity index (χ0) is 16.4. The summed E-state index contributed by atoms with van der Waals surface area (Å²) in [6, 6.07) is 13.3. The molecule has 24 heavy (non-hydrogen) atoms. The number of ether oxygens (including phenoxy) is 1. The molecule has 0 bridgehead atoms. The number of nitrogens with one attached hydrogen (secondary N) is 1. The Kier molecular flexibility index (Phi) is 5.65. The van der Waals surface area contributed by atoms with Gasteiger partial charge in [-0.25, -0.2) is 0 Å². The third-order valence-corrected chi connectivity index (χ3v) is 3.96. The number of methoxy groups -OCH3 is 1. The van der Waals surface area contributed by atoms with Crippen molar-refractivity contribution in [2.75, 3.05) is 14.2 Å². The van der Waals surface area contributed by atoms with Crippen molar-refractivity contribution >= 4 is 23.4 Å². The summed E-state index contributed by atoms with van der Waals surface area (Å²) < 4.78 is 11.6. The second kappa shape index (κ2) is 7.51. The molecule has 0 atom stereocenters. The average Bonchev–Trinajstić information content (AvgIpc) is 2.59. The molecule has 3 aromatic rings. The number of hydrogen-bond donors (Lipinski definition) is 1. The Hall–Kier alpha value is -2.30. The molecule has 3 rings (SSSR count). The Labute approximate surface area is 146 Å². The van der Waals surface area contributed by atoms with Gasteiger partial charge < -0.3 is 14.5 Å². The fourth-order valence-corrected chi connectivity index (χ4v) is 2.79. The normalized spacial score (nSPS) is 10.5. The molecule has 0 aliphatic carbocycles. The lowest BCUT2D eigenvalue weighted by Crippen LogP contribution is -2.12. The molecule has 1 N–H and O–H groups in total. The monoisotopic (exact) mass is 345 g/mol. The second-order valence-electron chi connectivity index (χ2n) is 5.40. The number of hydrogen-bond acceptors (Lipinski definition) is 4. The molecule has 0 aliphatic heterocycles. The van der Waals surface area contributed by atoms with Crippen LogP contribution < -0.4 is 15.5 Å². The van der Waals surface area contributed by atoms with Crippen molar-refractivity contribution in [3.63, 3.8) is 0 Å². The molecule has 126 valence electrons. The first-order chi connectivity index (χ1) is 11.2. The van der Waals surface area contributed by atoms with E-state index in [1.54, 1.807) is 20.1 Å². The summed E-state index contributed by atoms with van der Waals surface area (Å²) in [7, 11) is 3.47. The second-order valence-corrected chi connectivity index (χ2v) is 5.40. The quantitative estimate of drug-likeness (QED) is 0.778. The van der Waals surface area contributed by atoms with Crippen LogP contribution >= 0.6 is 12.4 Å². The molecular formula is C19H20ClNO3. The van der Waals surface area contributed by atoms with Gasteiger partial charge in [0, 0.05) is 17.7 Å². The van der Waals surface area contributed by atoms with Crippen LogP contribution in [0.4, 0.5) is 0 Å². The van der Waals surface area contributed by atoms with Crippen molar-refractivity contribution in [3.8, 4) is 17.1 Å². The summed E-state index contributed by atoms with van der Waals surface area (Å²) in [4.78, 5) is 12.8. The van der Waals surface area contributed by atoms with E-state index in [-0.39, 0.29) is 17.8 Å². The highest BCUT2D eigenvalue weighted by molar-refractivity contribution is 5.85. The van der Waals surface area contributed by atoms with Gasteiger partial charge in [-0.2, -0.15) is 0 Å². The van der Waals surface area contributed by atoms with Gasteiger partial charge in [-0.1, -0.05) is 30.3 Å². The van der Waals surface area contributed by atoms with Crippen LogP contribution in [0, 0.1) is 6.92 Å². The molecule has 2 aromatic carbocycles. The zero-order valence-electron chi connectivity index (χ0n) is 13.9. The molecule has 4 nitrogen and oxygen atoms in total. The van der Waals surface area contributed by atoms with Gasteiger partial charge in [0.2, 0.25) is 0 Å². The lowest BCUT2D eigenvalue weighted by atomic mass is 10.0. The minimum absolute atomic E-state index is 0. The highest BCUT2D eigenvalue weighted by Gasteiger charge is 2.17. The summed E-state index contributed by atoms with van der Waals surface area (Å²) in [5.41, 5.74) is 2.92. The first-order valence-electron chi connectivity index (χ1n) is 7.50. The highest BCUT2D eigenvalue weighted by Crippen LogP contribution is 2.31. The van der Waals surface area contributed by atoms with Gasteiger partial charge in [-0.05, 0) is 26.1 Å². The molecule has 0 saturated carbocycles. The maximum atomic E-state index is 12.8. The van der Waals surface area contributed by atoms with E-state index < -0.39 is 0 Å². The minimum atomic E-state index is -0.00916. The smallest absolute Gasteiger partial charge is 0.196 e. The molecule has 0 radical (unpaired) electrons. The fourth-order valence-electron chi connectivity index (χ4n) is 2.79. The van der Waals surface area contributed by atoms with Crippen molar-refractivity contribution in [3.05, 3.63) is 63.8 Å². The number of rotatable bonds is 4. The predicted molar refractivity (Wildman–Crippen MR) is 99.2 cm³/mol. The summed E-state index contributed by atoms with van der Waals surface area (Å²) >= 11 is 0. The third-order valence-electron chi connectivity index (χ3n) is 3.96. The Balaban J connectivity index is 0.00000208. The number of benzene rings is 2. The molecule has 0 aliphatic rings. The Morgan fingerprint density at radius 3 is 2.46 bits per heavy atom. The maximum Gasteiger partial charge on any atom is 0.196 e. The zero-order valence-corrected chi connectivity index (χ0v) is 14.7. The molecule has 1 aromatic heterocycles. The highest BCUT2D eigenvalue weighted by atomic mass is 35.5. The van der Waals surface area contributed by atoms with Crippen LogP contribution in [0.3, 0.4) is 0 Å². The van der Waals surface area contributed by atoms with E-state index in [2.05, 4.69) is 5.32 Å². The molecule has 5 heteroatoms. The van der Waals surface area contributed by atoms with Gasteiger partial charge in [0.05, 0.1) is 18.1 Å². The minimum Gasteiger partial charge on any atom is -0.496 e. The lowest BCUT2D eigenvalue weighted by molar-refractivity contribution is 0.408. The molecular weight excluding hydrogens is 326 g/mol. The molecule has 0 amide bonds. The van der Waals surface area contributed by atoms with Crippen molar-refractivity contribution in [2.45, 2.75) is 13.5 Å². The van der Waals surface area contributed by atoms with Gasteiger partial charge in [0.25, 0.3) is 0 Å². The first kappa shape index (κ1) is 18.0. The van der Waals surface area contributed by atoms with E-state index in [4.69, 9.17) is 9.15 Å². The van der Waals surface area contributed by atoms with Crippen molar-refractivity contribution in [1.82, 2.24) is 5.32 Å². The summed E-state index contributed by atoms with van der Waals surface area (Å²) in [6.45, 7) is 2.36. The standard InChI is InChI=1S/C19H19NO3.ClH/c1-12-17(21)14-9-10-16(22-3)15(11-20-2)19(14)23-18(12)13-7-5-4-6-8-13;/h4-10,20H,11H2,1-3H3;1H. The van der Waals surface area contributed by atoms with Crippen LogP contribution in [-0.4, -0.2) is 14.2 Å². The first-order valence-corrected chi connectivity index (χ1v) is 7.50. The van der Waals surface area contributed by atoms with E-state index in [0.717, 1.165) is 11.1 Å². The topological polar surface area (TPSA) is 51.5 Å².